The molecule has 2 nitrogen and oxygen atoms in total. The minimum absolute atomic E-state index is 0.282. The van der Waals surface area contributed by atoms with Gasteiger partial charge >= 0.3 is 0 Å². The van der Waals surface area contributed by atoms with E-state index in [1.807, 2.05) is 0 Å². The van der Waals surface area contributed by atoms with Gasteiger partial charge in [0.25, 0.3) is 0 Å². The number of hydrogen-bond donors (Lipinski definition) is 2. The summed E-state index contributed by atoms with van der Waals surface area (Å²) in [5.41, 5.74) is 0.747. The maximum absolute atomic E-state index is 12.6. The molecule has 1 atom stereocenters. The van der Waals surface area contributed by atoms with Gasteiger partial charge in [0.15, 0.2) is 0 Å². The van der Waals surface area contributed by atoms with Gasteiger partial charge in [-0.1, -0.05) is 18.2 Å². The van der Waals surface area contributed by atoms with Crippen LogP contribution in [0.15, 0.2) is 36.9 Å². The minimum Gasteiger partial charge on any atom is -0.388 e. The topological polar surface area (TPSA) is 32.3 Å². The van der Waals surface area contributed by atoms with Gasteiger partial charge in [-0.15, -0.1) is 6.58 Å². The molecule has 1 rings (SSSR count). The van der Waals surface area contributed by atoms with Crippen LogP contribution in [0.1, 0.15) is 18.1 Å². The molecule has 0 spiro atoms. The number of halogens is 1. The van der Waals surface area contributed by atoms with Gasteiger partial charge in [-0.25, -0.2) is 4.39 Å². The first-order chi connectivity index (χ1) is 7.24. The first-order valence-electron chi connectivity index (χ1n) is 4.99. The van der Waals surface area contributed by atoms with E-state index in [4.69, 9.17) is 0 Å². The van der Waals surface area contributed by atoms with Gasteiger partial charge in [0.1, 0.15) is 5.82 Å². The van der Waals surface area contributed by atoms with E-state index in [0.717, 1.165) is 12.1 Å². The fourth-order valence-electron chi connectivity index (χ4n) is 1.29. The van der Waals surface area contributed by atoms with Crippen LogP contribution in [0.3, 0.4) is 0 Å². The molecule has 0 aliphatic rings. The first kappa shape index (κ1) is 11.9. The molecule has 0 aliphatic carbocycles. The highest BCUT2D eigenvalue weighted by Gasteiger charge is 2.06. The van der Waals surface area contributed by atoms with Gasteiger partial charge < -0.3 is 10.4 Å². The third-order valence-corrected chi connectivity index (χ3v) is 2.14. The van der Waals surface area contributed by atoms with E-state index >= 15 is 0 Å². The molecule has 1 unspecified atom stereocenters. The molecule has 0 aromatic heterocycles. The van der Waals surface area contributed by atoms with Crippen LogP contribution >= 0.6 is 0 Å². The Labute approximate surface area is 89.4 Å². The van der Waals surface area contributed by atoms with Crippen molar-refractivity contribution in [2.24, 2.45) is 0 Å². The largest absolute Gasteiger partial charge is 0.388 e. The predicted molar refractivity (Wildman–Crippen MR) is 59.0 cm³/mol. The maximum atomic E-state index is 12.6. The Kier molecular flexibility index (Phi) is 5.01. The fourth-order valence-corrected chi connectivity index (χ4v) is 1.29. The Morgan fingerprint density at radius 3 is 2.67 bits per heavy atom. The minimum atomic E-state index is -0.539. The van der Waals surface area contributed by atoms with Crippen molar-refractivity contribution in [1.29, 1.82) is 0 Å². The lowest BCUT2D eigenvalue weighted by Crippen LogP contribution is -2.17. The van der Waals surface area contributed by atoms with Gasteiger partial charge in [0, 0.05) is 6.54 Å². The molecule has 2 N–H and O–H groups in total. The molecule has 82 valence electrons. The molecule has 0 saturated heterocycles. The lowest BCUT2D eigenvalue weighted by Gasteiger charge is -2.10. The summed E-state index contributed by atoms with van der Waals surface area (Å²) in [4.78, 5) is 0. The van der Waals surface area contributed by atoms with Crippen molar-refractivity contribution in [2.75, 3.05) is 13.1 Å². The summed E-state index contributed by atoms with van der Waals surface area (Å²) in [6.07, 6.45) is 1.84. The highest BCUT2D eigenvalue weighted by Crippen LogP contribution is 2.15. The third-order valence-electron chi connectivity index (χ3n) is 2.14. The number of hydrogen-bond acceptors (Lipinski definition) is 2. The van der Waals surface area contributed by atoms with Crippen molar-refractivity contribution >= 4 is 0 Å². The second-order valence-corrected chi connectivity index (χ2v) is 3.35. The lowest BCUT2D eigenvalue weighted by atomic mass is 10.1. The molecule has 0 saturated carbocycles. The number of rotatable bonds is 6. The molecule has 0 aliphatic heterocycles. The third kappa shape index (κ3) is 4.23. The van der Waals surface area contributed by atoms with E-state index in [2.05, 4.69) is 11.9 Å². The average Bonchev–Trinajstić information content (AvgIpc) is 2.25. The van der Waals surface area contributed by atoms with Crippen LogP contribution in [0.5, 0.6) is 0 Å². The summed E-state index contributed by atoms with van der Waals surface area (Å²) < 4.78 is 12.6. The number of nitrogens with one attached hydrogen (secondary N) is 1. The smallest absolute Gasteiger partial charge is 0.123 e. The number of benzene rings is 1. The van der Waals surface area contributed by atoms with E-state index < -0.39 is 6.10 Å². The molecular weight excluding hydrogens is 193 g/mol. The quantitative estimate of drug-likeness (QED) is 0.555. The van der Waals surface area contributed by atoms with Crippen LogP contribution < -0.4 is 5.32 Å². The molecular formula is C12H16FNO. The van der Waals surface area contributed by atoms with Crippen molar-refractivity contribution in [3.05, 3.63) is 48.3 Å². The molecule has 1 aromatic rings. The highest BCUT2D eigenvalue weighted by molar-refractivity contribution is 5.18. The molecule has 0 heterocycles. The van der Waals surface area contributed by atoms with Crippen molar-refractivity contribution in [3.63, 3.8) is 0 Å². The molecule has 3 heteroatoms. The molecule has 1 aromatic carbocycles. The Balaban J connectivity index is 2.36. The normalized spacial score (nSPS) is 12.4. The van der Waals surface area contributed by atoms with Gasteiger partial charge in [-0.2, -0.15) is 0 Å². The van der Waals surface area contributed by atoms with Crippen LogP contribution in [0.4, 0.5) is 4.39 Å². The first-order valence-corrected chi connectivity index (χ1v) is 4.99. The zero-order valence-corrected chi connectivity index (χ0v) is 8.62. The molecule has 15 heavy (non-hydrogen) atoms. The van der Waals surface area contributed by atoms with Gasteiger partial charge in [-0.05, 0) is 30.7 Å². The van der Waals surface area contributed by atoms with Crippen LogP contribution in [-0.4, -0.2) is 18.2 Å². The van der Waals surface area contributed by atoms with Gasteiger partial charge in [0.2, 0.25) is 0 Å². The van der Waals surface area contributed by atoms with E-state index in [9.17, 15) is 9.50 Å². The van der Waals surface area contributed by atoms with Crippen LogP contribution in [0, 0.1) is 5.82 Å². The van der Waals surface area contributed by atoms with Gasteiger partial charge in [0.05, 0.1) is 6.10 Å². The summed E-state index contributed by atoms with van der Waals surface area (Å²) in [6.45, 7) is 5.02. The second kappa shape index (κ2) is 6.32. The Hall–Kier alpha value is -1.19. The zero-order valence-electron chi connectivity index (χ0n) is 8.62. The van der Waals surface area contributed by atoms with E-state index in [1.165, 1.54) is 12.1 Å². The number of aliphatic hydroxyl groups is 1. The fraction of sp³-hybridized carbons (Fsp3) is 0.333. The van der Waals surface area contributed by atoms with Crippen LogP contribution in [0.25, 0.3) is 0 Å². The average molecular weight is 209 g/mol. The SMILES string of the molecule is C=CCNCCC(O)c1ccc(F)cc1. The molecule has 0 radical (unpaired) electrons. The molecule has 0 fully saturated rings. The maximum Gasteiger partial charge on any atom is 0.123 e. The summed E-state index contributed by atoms with van der Waals surface area (Å²) in [5.74, 6) is -0.282. The summed E-state index contributed by atoms with van der Waals surface area (Å²) in [5, 5.41) is 12.8. The lowest BCUT2D eigenvalue weighted by molar-refractivity contribution is 0.167. The molecule has 0 amide bonds. The summed E-state index contributed by atoms with van der Waals surface area (Å²) in [6, 6.07) is 5.92. The standard InChI is InChI=1S/C12H16FNO/c1-2-8-14-9-7-12(15)10-3-5-11(13)6-4-10/h2-6,12,14-15H,1,7-9H2. The highest BCUT2D eigenvalue weighted by atomic mass is 19.1. The van der Waals surface area contributed by atoms with Crippen LogP contribution in [0.2, 0.25) is 0 Å². The summed E-state index contributed by atoms with van der Waals surface area (Å²) in [7, 11) is 0. The molecule has 0 bridgehead atoms. The number of aliphatic hydroxyl groups excluding tert-OH is 1. The van der Waals surface area contributed by atoms with Crippen LogP contribution in [-0.2, 0) is 0 Å². The second-order valence-electron chi connectivity index (χ2n) is 3.35. The predicted octanol–water partition coefficient (Wildman–Crippen LogP) is 2.02. The Bertz CT molecular complexity index is 297. The monoisotopic (exact) mass is 209 g/mol. The van der Waals surface area contributed by atoms with E-state index in [-0.39, 0.29) is 5.82 Å². The van der Waals surface area contributed by atoms with Crippen molar-refractivity contribution < 1.29 is 9.50 Å². The Morgan fingerprint density at radius 1 is 1.40 bits per heavy atom. The zero-order chi connectivity index (χ0) is 11.1. The van der Waals surface area contributed by atoms with Crippen molar-refractivity contribution in [2.45, 2.75) is 12.5 Å². The van der Waals surface area contributed by atoms with E-state index in [0.29, 0.717) is 13.0 Å². The van der Waals surface area contributed by atoms with E-state index in [1.54, 1.807) is 18.2 Å². The summed E-state index contributed by atoms with van der Waals surface area (Å²) >= 11 is 0. The Morgan fingerprint density at radius 2 is 2.07 bits per heavy atom. The van der Waals surface area contributed by atoms with Gasteiger partial charge in [-0.3, -0.25) is 0 Å². The van der Waals surface area contributed by atoms with Crippen molar-refractivity contribution in [3.8, 4) is 0 Å². The van der Waals surface area contributed by atoms with Crippen molar-refractivity contribution in [1.82, 2.24) is 5.32 Å².